The number of alkyl halides is 3. The Hall–Kier alpha value is -3.36. The lowest BCUT2D eigenvalue weighted by Gasteiger charge is -2.16. The van der Waals surface area contributed by atoms with Crippen molar-refractivity contribution >= 4 is 5.96 Å². The Morgan fingerprint density at radius 3 is 2.59 bits per heavy atom. The quantitative estimate of drug-likeness (QED) is 0.404. The molecule has 3 aromatic rings. The zero-order valence-corrected chi connectivity index (χ0v) is 18.1. The van der Waals surface area contributed by atoms with Gasteiger partial charge in [0.2, 0.25) is 0 Å². The zero-order chi connectivity index (χ0) is 23.0. The lowest BCUT2D eigenvalue weighted by Crippen LogP contribution is -2.37. The summed E-state index contributed by atoms with van der Waals surface area (Å²) in [4.78, 5) is 8.18. The topological polar surface area (TPSA) is 67.1 Å². The average Bonchev–Trinajstić information content (AvgIpc) is 3.28. The molecule has 0 spiro atoms. The van der Waals surface area contributed by atoms with Gasteiger partial charge >= 0.3 is 6.18 Å². The normalized spacial score (nSPS) is 13.1. The second kappa shape index (κ2) is 10.8. The largest absolute Gasteiger partial charge is 0.416 e. The first-order chi connectivity index (χ1) is 15.3. The van der Waals surface area contributed by atoms with Crippen LogP contribution in [-0.2, 0) is 19.3 Å². The van der Waals surface area contributed by atoms with E-state index < -0.39 is 11.7 Å². The highest BCUT2D eigenvalue weighted by Gasteiger charge is 2.30. The molecule has 3 rings (SSSR count). The molecule has 0 aliphatic rings. The summed E-state index contributed by atoms with van der Waals surface area (Å²) in [6.07, 6.45) is -0.464. The summed E-state index contributed by atoms with van der Waals surface area (Å²) in [6.45, 7) is 3.75. The lowest BCUT2D eigenvalue weighted by molar-refractivity contribution is -0.137. The molecule has 170 valence electrons. The Labute approximate surface area is 185 Å². The van der Waals surface area contributed by atoms with Crippen molar-refractivity contribution in [2.45, 2.75) is 38.5 Å². The summed E-state index contributed by atoms with van der Waals surface area (Å²) in [6, 6.07) is 13.7. The fourth-order valence-electron chi connectivity index (χ4n) is 3.34. The van der Waals surface area contributed by atoms with E-state index in [4.69, 9.17) is 0 Å². The summed E-state index contributed by atoms with van der Waals surface area (Å²) in [5.41, 5.74) is 2.28. The van der Waals surface area contributed by atoms with E-state index in [1.165, 1.54) is 18.5 Å². The van der Waals surface area contributed by atoms with E-state index in [2.05, 4.69) is 31.8 Å². The molecule has 0 radical (unpaired) electrons. The number of hydrogen-bond acceptors (Lipinski definition) is 3. The van der Waals surface area contributed by atoms with Crippen LogP contribution < -0.4 is 10.6 Å². The van der Waals surface area contributed by atoms with Crippen LogP contribution in [0.25, 0.3) is 0 Å². The number of guanidine groups is 1. The molecule has 32 heavy (non-hydrogen) atoms. The van der Waals surface area contributed by atoms with Gasteiger partial charge in [-0.25, -0.2) is 9.67 Å². The molecule has 1 unspecified atom stereocenters. The molecule has 0 fully saturated rings. The monoisotopic (exact) mass is 444 g/mol. The summed E-state index contributed by atoms with van der Waals surface area (Å²) < 4.78 is 40.6. The van der Waals surface area contributed by atoms with Crippen LogP contribution >= 0.6 is 0 Å². The molecule has 6 nitrogen and oxygen atoms in total. The minimum Gasteiger partial charge on any atom is -0.356 e. The molecule has 0 saturated carbocycles. The second-order valence-electron chi connectivity index (χ2n) is 7.58. The number of rotatable bonds is 8. The molecular weight excluding hydrogens is 417 g/mol. The average molecular weight is 445 g/mol. The first-order valence-corrected chi connectivity index (χ1v) is 10.4. The smallest absolute Gasteiger partial charge is 0.356 e. The number of aliphatic imine (C=N–C) groups is 1. The van der Waals surface area contributed by atoms with Crippen LogP contribution in [0, 0.1) is 0 Å². The van der Waals surface area contributed by atoms with Gasteiger partial charge in [0.15, 0.2) is 5.96 Å². The highest BCUT2D eigenvalue weighted by molar-refractivity contribution is 5.79. The highest BCUT2D eigenvalue weighted by atomic mass is 19.4. The SMILES string of the molecule is CN=C(NCCC(C)c1cccc(C(F)(F)F)c1)NCc1cccc(Cn2cncn2)c1. The molecule has 2 aromatic carbocycles. The van der Waals surface area contributed by atoms with Crippen molar-refractivity contribution in [3.05, 3.63) is 83.4 Å². The van der Waals surface area contributed by atoms with Gasteiger partial charge in [-0.3, -0.25) is 4.99 Å². The van der Waals surface area contributed by atoms with Crippen molar-refractivity contribution in [1.29, 1.82) is 0 Å². The minimum atomic E-state index is -4.33. The number of aromatic nitrogens is 3. The molecule has 2 N–H and O–H groups in total. The Bertz CT molecular complexity index is 1010. The third-order valence-electron chi connectivity index (χ3n) is 5.14. The van der Waals surface area contributed by atoms with E-state index in [1.54, 1.807) is 24.1 Å². The van der Waals surface area contributed by atoms with Gasteiger partial charge in [-0.2, -0.15) is 18.3 Å². The van der Waals surface area contributed by atoms with Gasteiger partial charge in [-0.1, -0.05) is 49.4 Å². The van der Waals surface area contributed by atoms with Crippen molar-refractivity contribution in [3.63, 3.8) is 0 Å². The van der Waals surface area contributed by atoms with Crippen molar-refractivity contribution in [3.8, 4) is 0 Å². The highest BCUT2D eigenvalue weighted by Crippen LogP contribution is 2.31. The summed E-state index contributed by atoms with van der Waals surface area (Å²) >= 11 is 0. The van der Waals surface area contributed by atoms with Crippen molar-refractivity contribution in [2.75, 3.05) is 13.6 Å². The molecule has 0 saturated heterocycles. The fraction of sp³-hybridized carbons (Fsp3) is 0.348. The molecule has 1 atom stereocenters. The summed E-state index contributed by atoms with van der Waals surface area (Å²) in [5, 5.41) is 10.6. The van der Waals surface area contributed by atoms with Crippen LogP contribution in [0.5, 0.6) is 0 Å². The number of halogens is 3. The molecule has 0 aliphatic carbocycles. The van der Waals surface area contributed by atoms with Crippen LogP contribution in [0.3, 0.4) is 0 Å². The van der Waals surface area contributed by atoms with Crippen LogP contribution in [0.2, 0.25) is 0 Å². The first kappa shape index (κ1) is 23.3. The van der Waals surface area contributed by atoms with Crippen LogP contribution in [0.4, 0.5) is 13.2 Å². The first-order valence-electron chi connectivity index (χ1n) is 10.4. The van der Waals surface area contributed by atoms with Gasteiger partial charge in [-0.15, -0.1) is 0 Å². The molecule has 0 bridgehead atoms. The van der Waals surface area contributed by atoms with Crippen LogP contribution in [-0.4, -0.2) is 34.3 Å². The minimum absolute atomic E-state index is 0.0172. The third-order valence-corrected chi connectivity index (χ3v) is 5.14. The number of nitrogens with zero attached hydrogens (tertiary/aromatic N) is 4. The molecule has 1 heterocycles. The van der Waals surface area contributed by atoms with Gasteiger partial charge in [0, 0.05) is 20.1 Å². The number of nitrogens with one attached hydrogen (secondary N) is 2. The Morgan fingerprint density at radius 2 is 1.88 bits per heavy atom. The van der Waals surface area contributed by atoms with Crippen LogP contribution in [0.1, 0.15) is 41.5 Å². The zero-order valence-electron chi connectivity index (χ0n) is 18.1. The van der Waals surface area contributed by atoms with E-state index in [0.717, 1.165) is 17.2 Å². The third kappa shape index (κ3) is 6.83. The van der Waals surface area contributed by atoms with Gasteiger partial charge < -0.3 is 10.6 Å². The van der Waals surface area contributed by atoms with Gasteiger partial charge in [0.1, 0.15) is 12.7 Å². The molecule has 1 aromatic heterocycles. The lowest BCUT2D eigenvalue weighted by atomic mass is 9.96. The predicted molar refractivity (Wildman–Crippen MR) is 118 cm³/mol. The molecule has 0 aliphatic heterocycles. The van der Waals surface area contributed by atoms with E-state index in [1.807, 2.05) is 25.1 Å². The predicted octanol–water partition coefficient (Wildman–Crippen LogP) is 4.20. The fourth-order valence-corrected chi connectivity index (χ4v) is 3.34. The maximum Gasteiger partial charge on any atom is 0.416 e. The Kier molecular flexibility index (Phi) is 7.86. The molecule has 9 heteroatoms. The van der Waals surface area contributed by atoms with Crippen LogP contribution in [0.15, 0.2) is 66.2 Å². The van der Waals surface area contributed by atoms with E-state index in [9.17, 15) is 13.2 Å². The maximum atomic E-state index is 12.9. The summed E-state index contributed by atoms with van der Waals surface area (Å²) in [5.74, 6) is 0.624. The van der Waals surface area contributed by atoms with Crippen molar-refractivity contribution in [2.24, 2.45) is 4.99 Å². The summed E-state index contributed by atoms with van der Waals surface area (Å²) in [7, 11) is 1.69. The standard InChI is InChI=1S/C23H27F3N6/c1-17(20-7-4-8-21(12-20)23(24,25)26)9-10-29-22(27-2)30-13-18-5-3-6-19(11-18)14-32-16-28-15-31-32/h3-8,11-12,15-17H,9-10,13-14H2,1-2H3,(H2,27,29,30). The van der Waals surface area contributed by atoms with Gasteiger partial charge in [0.05, 0.1) is 12.1 Å². The number of hydrogen-bond donors (Lipinski definition) is 2. The molecular formula is C23H27F3N6. The van der Waals surface area contributed by atoms with Crippen molar-refractivity contribution < 1.29 is 13.2 Å². The van der Waals surface area contributed by atoms with E-state index >= 15 is 0 Å². The molecule has 0 amide bonds. The van der Waals surface area contributed by atoms with Crippen molar-refractivity contribution in [1.82, 2.24) is 25.4 Å². The Morgan fingerprint density at radius 1 is 1.09 bits per heavy atom. The second-order valence-corrected chi connectivity index (χ2v) is 7.58. The van der Waals surface area contributed by atoms with E-state index in [0.29, 0.717) is 37.6 Å². The maximum absolute atomic E-state index is 12.9. The van der Waals surface area contributed by atoms with E-state index in [-0.39, 0.29) is 5.92 Å². The van der Waals surface area contributed by atoms with Gasteiger partial charge in [0.25, 0.3) is 0 Å². The van der Waals surface area contributed by atoms with Gasteiger partial charge in [-0.05, 0) is 35.1 Å². The number of benzene rings is 2. The Balaban J connectivity index is 1.47.